The topological polar surface area (TPSA) is 45.5 Å². The van der Waals surface area contributed by atoms with Crippen LogP contribution in [0.4, 0.5) is 5.69 Å². The lowest BCUT2D eigenvalue weighted by atomic mass is 9.93. The zero-order valence-electron chi connectivity index (χ0n) is 15.2. The molecule has 1 heterocycles. The SMILES string of the molecule is CC(C)c1cccc(C(C)C)c1N=Cc1ccc2cccc(O)c2n1. The monoisotopic (exact) mass is 332 g/mol. The van der Waals surface area contributed by atoms with E-state index in [0.717, 1.165) is 16.8 Å². The summed E-state index contributed by atoms with van der Waals surface area (Å²) in [5.41, 5.74) is 4.86. The molecule has 0 atom stereocenters. The van der Waals surface area contributed by atoms with Gasteiger partial charge in [-0.3, -0.25) is 4.99 Å². The summed E-state index contributed by atoms with van der Waals surface area (Å²) in [5.74, 6) is 0.997. The number of aromatic nitrogens is 1. The molecular weight excluding hydrogens is 308 g/mol. The highest BCUT2D eigenvalue weighted by molar-refractivity contribution is 5.89. The van der Waals surface area contributed by atoms with Gasteiger partial charge >= 0.3 is 0 Å². The number of para-hydroxylation sites is 2. The van der Waals surface area contributed by atoms with Gasteiger partial charge in [-0.25, -0.2) is 4.98 Å². The predicted molar refractivity (Wildman–Crippen MR) is 105 cm³/mol. The molecule has 0 radical (unpaired) electrons. The maximum atomic E-state index is 10.0. The lowest BCUT2D eigenvalue weighted by Crippen LogP contribution is -1.96. The number of aromatic hydroxyl groups is 1. The summed E-state index contributed by atoms with van der Waals surface area (Å²) in [6.45, 7) is 8.74. The van der Waals surface area contributed by atoms with Crippen LogP contribution >= 0.6 is 0 Å². The second-order valence-corrected chi connectivity index (χ2v) is 6.94. The van der Waals surface area contributed by atoms with Crippen LogP contribution in [0.15, 0.2) is 53.5 Å². The molecule has 0 fully saturated rings. The van der Waals surface area contributed by atoms with Crippen molar-refractivity contribution < 1.29 is 5.11 Å². The molecule has 0 aliphatic carbocycles. The number of phenols is 1. The first-order chi connectivity index (χ1) is 12.0. The van der Waals surface area contributed by atoms with Gasteiger partial charge in [-0.1, -0.05) is 64.1 Å². The summed E-state index contributed by atoms with van der Waals surface area (Å²) in [4.78, 5) is 9.33. The molecule has 3 aromatic rings. The van der Waals surface area contributed by atoms with Gasteiger partial charge in [0, 0.05) is 5.39 Å². The predicted octanol–water partition coefficient (Wildman–Crippen LogP) is 5.94. The van der Waals surface area contributed by atoms with E-state index < -0.39 is 0 Å². The third-order valence-electron chi connectivity index (χ3n) is 4.39. The molecule has 1 N–H and O–H groups in total. The minimum atomic E-state index is 0.193. The molecule has 3 nitrogen and oxygen atoms in total. The number of fused-ring (bicyclic) bond motifs is 1. The zero-order chi connectivity index (χ0) is 18.0. The van der Waals surface area contributed by atoms with Crippen molar-refractivity contribution in [3.8, 4) is 5.75 Å². The first-order valence-electron chi connectivity index (χ1n) is 8.73. The number of pyridine rings is 1. The van der Waals surface area contributed by atoms with E-state index in [1.54, 1.807) is 12.3 Å². The fourth-order valence-electron chi connectivity index (χ4n) is 3.01. The van der Waals surface area contributed by atoms with Crippen molar-refractivity contribution in [3.05, 3.63) is 65.4 Å². The molecule has 0 saturated heterocycles. The van der Waals surface area contributed by atoms with Crippen molar-refractivity contribution >= 4 is 22.8 Å². The lowest BCUT2D eigenvalue weighted by Gasteiger charge is -2.16. The van der Waals surface area contributed by atoms with Crippen molar-refractivity contribution in [3.63, 3.8) is 0 Å². The van der Waals surface area contributed by atoms with E-state index >= 15 is 0 Å². The van der Waals surface area contributed by atoms with Crippen molar-refractivity contribution in [1.82, 2.24) is 4.98 Å². The number of nitrogens with zero attached hydrogens (tertiary/aromatic N) is 2. The van der Waals surface area contributed by atoms with Gasteiger partial charge in [-0.05, 0) is 35.1 Å². The number of aliphatic imine (C=N–C) groups is 1. The van der Waals surface area contributed by atoms with Crippen LogP contribution in [-0.4, -0.2) is 16.3 Å². The number of phenolic OH excluding ortho intramolecular Hbond substituents is 1. The summed E-state index contributed by atoms with van der Waals surface area (Å²) in [6.07, 6.45) is 1.79. The molecule has 0 bridgehead atoms. The minimum Gasteiger partial charge on any atom is -0.506 e. The maximum Gasteiger partial charge on any atom is 0.141 e. The Morgan fingerprint density at radius 3 is 2.16 bits per heavy atom. The standard InChI is InChI=1S/C22H24N2O/c1-14(2)18-8-6-9-19(15(3)4)22(18)23-13-17-12-11-16-7-5-10-20(25)21(16)24-17/h5-15,25H,1-4H3. The molecule has 1 aromatic heterocycles. The number of rotatable bonds is 4. The van der Waals surface area contributed by atoms with Gasteiger partial charge in [0.15, 0.2) is 0 Å². The fraction of sp³-hybridized carbons (Fsp3) is 0.273. The van der Waals surface area contributed by atoms with Crippen LogP contribution in [0.25, 0.3) is 10.9 Å². The highest BCUT2D eigenvalue weighted by Gasteiger charge is 2.12. The second kappa shape index (κ2) is 7.06. The Balaban J connectivity index is 2.06. The lowest BCUT2D eigenvalue weighted by molar-refractivity contribution is 0.480. The quantitative estimate of drug-likeness (QED) is 0.601. The maximum absolute atomic E-state index is 10.0. The van der Waals surface area contributed by atoms with Gasteiger partial charge in [0.05, 0.1) is 17.6 Å². The van der Waals surface area contributed by atoms with Crippen LogP contribution in [0.1, 0.15) is 56.4 Å². The molecule has 0 spiro atoms. The van der Waals surface area contributed by atoms with E-state index in [4.69, 9.17) is 4.99 Å². The number of benzene rings is 2. The van der Waals surface area contributed by atoms with Gasteiger partial charge in [0.25, 0.3) is 0 Å². The van der Waals surface area contributed by atoms with E-state index in [2.05, 4.69) is 50.9 Å². The molecule has 0 saturated carbocycles. The van der Waals surface area contributed by atoms with E-state index in [1.807, 2.05) is 24.3 Å². The molecule has 2 aromatic carbocycles. The van der Waals surface area contributed by atoms with Gasteiger partial charge in [0.2, 0.25) is 0 Å². The summed E-state index contributed by atoms with van der Waals surface area (Å²) < 4.78 is 0. The Kier molecular flexibility index (Phi) is 4.84. The highest BCUT2D eigenvalue weighted by Crippen LogP contribution is 2.34. The van der Waals surface area contributed by atoms with E-state index in [0.29, 0.717) is 17.4 Å². The minimum absolute atomic E-state index is 0.193. The summed E-state index contributed by atoms with van der Waals surface area (Å²) >= 11 is 0. The molecule has 0 aliphatic rings. The fourth-order valence-corrected chi connectivity index (χ4v) is 3.01. The highest BCUT2D eigenvalue weighted by atomic mass is 16.3. The van der Waals surface area contributed by atoms with Gasteiger partial charge < -0.3 is 5.11 Å². The Labute approximate surface area is 149 Å². The average Bonchev–Trinajstić information content (AvgIpc) is 2.60. The first kappa shape index (κ1) is 17.2. The van der Waals surface area contributed by atoms with Crippen molar-refractivity contribution in [2.24, 2.45) is 4.99 Å². The van der Waals surface area contributed by atoms with E-state index in [-0.39, 0.29) is 5.75 Å². The molecule has 3 heteroatoms. The first-order valence-corrected chi connectivity index (χ1v) is 8.73. The Bertz CT molecular complexity index is 900. The van der Waals surface area contributed by atoms with Crippen molar-refractivity contribution in [2.75, 3.05) is 0 Å². The van der Waals surface area contributed by atoms with Crippen LogP contribution in [-0.2, 0) is 0 Å². The smallest absolute Gasteiger partial charge is 0.141 e. The van der Waals surface area contributed by atoms with Crippen LogP contribution < -0.4 is 0 Å². The summed E-state index contributed by atoms with van der Waals surface area (Å²) in [6, 6.07) is 15.7. The molecule has 0 aliphatic heterocycles. The summed E-state index contributed by atoms with van der Waals surface area (Å²) in [7, 11) is 0. The Hall–Kier alpha value is -2.68. The van der Waals surface area contributed by atoms with Crippen molar-refractivity contribution in [2.45, 2.75) is 39.5 Å². The number of hydrogen-bond donors (Lipinski definition) is 1. The zero-order valence-corrected chi connectivity index (χ0v) is 15.2. The average molecular weight is 332 g/mol. The Morgan fingerprint density at radius 1 is 0.880 bits per heavy atom. The molecule has 0 amide bonds. The molecule has 128 valence electrons. The van der Waals surface area contributed by atoms with Crippen LogP contribution in [0, 0.1) is 0 Å². The summed E-state index contributed by atoms with van der Waals surface area (Å²) in [5, 5.41) is 10.9. The van der Waals surface area contributed by atoms with E-state index in [9.17, 15) is 5.11 Å². The second-order valence-electron chi connectivity index (χ2n) is 6.94. The normalized spacial score (nSPS) is 11.9. The largest absolute Gasteiger partial charge is 0.506 e. The van der Waals surface area contributed by atoms with Gasteiger partial charge in [0.1, 0.15) is 11.3 Å². The van der Waals surface area contributed by atoms with Crippen molar-refractivity contribution in [1.29, 1.82) is 0 Å². The third-order valence-corrected chi connectivity index (χ3v) is 4.39. The van der Waals surface area contributed by atoms with Gasteiger partial charge in [-0.2, -0.15) is 0 Å². The van der Waals surface area contributed by atoms with Crippen LogP contribution in [0.5, 0.6) is 5.75 Å². The molecule has 3 rings (SSSR count). The van der Waals surface area contributed by atoms with Crippen LogP contribution in [0.2, 0.25) is 0 Å². The molecule has 0 unspecified atom stereocenters. The Morgan fingerprint density at radius 2 is 1.52 bits per heavy atom. The molecular formula is C22H24N2O. The molecule has 25 heavy (non-hydrogen) atoms. The van der Waals surface area contributed by atoms with Gasteiger partial charge in [-0.15, -0.1) is 0 Å². The van der Waals surface area contributed by atoms with E-state index in [1.165, 1.54) is 11.1 Å². The van der Waals surface area contributed by atoms with Crippen LogP contribution in [0.3, 0.4) is 0 Å². The third kappa shape index (κ3) is 3.55. The number of hydrogen-bond acceptors (Lipinski definition) is 3.